The predicted molar refractivity (Wildman–Crippen MR) is 73.4 cm³/mol. The van der Waals surface area contributed by atoms with Crippen LogP contribution < -0.4 is 5.32 Å². The van der Waals surface area contributed by atoms with Crippen molar-refractivity contribution in [2.75, 3.05) is 5.32 Å². The number of carboxylic acids is 1. The van der Waals surface area contributed by atoms with Crippen LogP contribution in [0.25, 0.3) is 0 Å². The Balaban J connectivity index is 2.18. The van der Waals surface area contributed by atoms with Crippen LogP contribution in [0.1, 0.15) is 20.8 Å². The summed E-state index contributed by atoms with van der Waals surface area (Å²) in [6, 6.07) is 8.18. The Hall–Kier alpha value is -3.16. The van der Waals surface area contributed by atoms with Crippen LogP contribution >= 0.6 is 0 Å². The number of anilines is 1. The standard InChI is InChI=1S/C13H11N3O5/c1-15-10(6-7-11(15)16(20)21)12(17)14-9-4-2-8(3-5-9)13(18)19/h2-7H,1H3,(H,14,17)(H,18,19). The SMILES string of the molecule is Cn1c(C(=O)Nc2ccc(C(=O)O)cc2)ccc1[N+](=O)[O-]. The van der Waals surface area contributed by atoms with Crippen molar-refractivity contribution in [1.29, 1.82) is 0 Å². The number of carboxylic acid groups (broad SMARTS) is 1. The lowest BCUT2D eigenvalue weighted by atomic mass is 10.2. The van der Waals surface area contributed by atoms with Crippen molar-refractivity contribution in [1.82, 2.24) is 4.57 Å². The third-order valence-electron chi connectivity index (χ3n) is 2.90. The van der Waals surface area contributed by atoms with E-state index in [0.717, 1.165) is 0 Å². The van der Waals surface area contributed by atoms with Crippen molar-refractivity contribution in [3.8, 4) is 0 Å². The second-order valence-corrected chi connectivity index (χ2v) is 4.23. The number of carbonyl (C=O) groups excluding carboxylic acids is 1. The number of amides is 1. The van der Waals surface area contributed by atoms with Gasteiger partial charge in [-0.1, -0.05) is 0 Å². The molecule has 2 aromatic rings. The fourth-order valence-electron chi connectivity index (χ4n) is 1.80. The van der Waals surface area contributed by atoms with Gasteiger partial charge in [0.05, 0.1) is 12.6 Å². The molecular weight excluding hydrogens is 278 g/mol. The number of nitro groups is 1. The molecule has 0 spiro atoms. The van der Waals surface area contributed by atoms with Gasteiger partial charge in [0.15, 0.2) is 5.69 Å². The third-order valence-corrected chi connectivity index (χ3v) is 2.90. The number of aromatic nitrogens is 1. The number of carbonyl (C=O) groups is 2. The maximum Gasteiger partial charge on any atom is 0.335 e. The first-order chi connectivity index (χ1) is 9.90. The van der Waals surface area contributed by atoms with Gasteiger partial charge in [-0.15, -0.1) is 0 Å². The molecule has 8 heteroatoms. The van der Waals surface area contributed by atoms with Crippen LogP contribution in [0, 0.1) is 10.1 Å². The highest BCUT2D eigenvalue weighted by Crippen LogP contribution is 2.17. The number of nitrogens with zero attached hydrogens (tertiary/aromatic N) is 2. The maximum atomic E-state index is 12.0. The summed E-state index contributed by atoms with van der Waals surface area (Å²) in [5, 5.41) is 22.0. The van der Waals surface area contributed by atoms with Crippen molar-refractivity contribution in [2.24, 2.45) is 7.05 Å². The number of aromatic carboxylic acids is 1. The Morgan fingerprint density at radius 2 is 1.81 bits per heavy atom. The smallest absolute Gasteiger partial charge is 0.335 e. The summed E-state index contributed by atoms with van der Waals surface area (Å²) < 4.78 is 1.17. The fraction of sp³-hybridized carbons (Fsp3) is 0.0769. The van der Waals surface area contributed by atoms with Crippen molar-refractivity contribution >= 4 is 23.4 Å². The Bertz CT molecular complexity index is 718. The monoisotopic (exact) mass is 289 g/mol. The summed E-state index contributed by atoms with van der Waals surface area (Å²) in [6.45, 7) is 0. The van der Waals surface area contributed by atoms with Crippen LogP contribution in [-0.4, -0.2) is 26.5 Å². The molecule has 1 heterocycles. The molecule has 0 saturated heterocycles. The summed E-state index contributed by atoms with van der Waals surface area (Å²) >= 11 is 0. The van der Waals surface area contributed by atoms with E-state index in [2.05, 4.69) is 5.32 Å². The Morgan fingerprint density at radius 1 is 1.19 bits per heavy atom. The zero-order valence-corrected chi connectivity index (χ0v) is 10.9. The summed E-state index contributed by atoms with van der Waals surface area (Å²) in [5.41, 5.74) is 0.625. The lowest BCUT2D eigenvalue weighted by Crippen LogP contribution is -2.16. The van der Waals surface area contributed by atoms with Crippen molar-refractivity contribution in [2.45, 2.75) is 0 Å². The molecular formula is C13H11N3O5. The first-order valence-electron chi connectivity index (χ1n) is 5.85. The van der Waals surface area contributed by atoms with Crippen molar-refractivity contribution in [3.05, 3.63) is 57.8 Å². The molecule has 2 rings (SSSR count). The van der Waals surface area contributed by atoms with E-state index in [-0.39, 0.29) is 17.1 Å². The summed E-state index contributed by atoms with van der Waals surface area (Å²) in [4.78, 5) is 32.9. The van der Waals surface area contributed by atoms with Crippen LogP contribution in [0.5, 0.6) is 0 Å². The van der Waals surface area contributed by atoms with Gasteiger partial charge < -0.3 is 20.5 Å². The van der Waals surface area contributed by atoms with Crippen LogP contribution in [0.2, 0.25) is 0 Å². The van der Waals surface area contributed by atoms with Gasteiger partial charge in [-0.05, 0) is 35.3 Å². The van der Waals surface area contributed by atoms with Gasteiger partial charge in [-0.2, -0.15) is 0 Å². The number of rotatable bonds is 4. The molecule has 1 amide bonds. The van der Waals surface area contributed by atoms with Crippen molar-refractivity contribution in [3.63, 3.8) is 0 Å². The number of nitrogens with one attached hydrogen (secondary N) is 1. The molecule has 0 unspecified atom stereocenters. The Kier molecular flexibility index (Phi) is 3.70. The molecule has 0 aliphatic rings. The van der Waals surface area contributed by atoms with Crippen LogP contribution in [0.3, 0.4) is 0 Å². The largest absolute Gasteiger partial charge is 0.478 e. The van der Waals surface area contributed by atoms with Gasteiger partial charge in [0.25, 0.3) is 5.91 Å². The summed E-state index contributed by atoms with van der Waals surface area (Å²) in [5.74, 6) is -1.78. The minimum atomic E-state index is -1.06. The minimum Gasteiger partial charge on any atom is -0.478 e. The first kappa shape index (κ1) is 14.3. The molecule has 21 heavy (non-hydrogen) atoms. The van der Waals surface area contributed by atoms with E-state index >= 15 is 0 Å². The average Bonchev–Trinajstić information content (AvgIpc) is 2.81. The van der Waals surface area contributed by atoms with Crippen LogP contribution in [0.15, 0.2) is 36.4 Å². The van der Waals surface area contributed by atoms with E-state index in [4.69, 9.17) is 5.11 Å². The van der Waals surface area contributed by atoms with Crippen LogP contribution in [-0.2, 0) is 7.05 Å². The number of hydrogen-bond acceptors (Lipinski definition) is 4. The van der Waals surface area contributed by atoms with E-state index in [9.17, 15) is 19.7 Å². The van der Waals surface area contributed by atoms with Gasteiger partial charge in [-0.3, -0.25) is 4.79 Å². The zero-order valence-electron chi connectivity index (χ0n) is 10.9. The molecule has 0 aliphatic heterocycles. The first-order valence-corrected chi connectivity index (χ1v) is 5.85. The van der Waals surface area contributed by atoms with Crippen molar-refractivity contribution < 1.29 is 19.6 Å². The molecule has 1 aromatic heterocycles. The van der Waals surface area contributed by atoms with Gasteiger partial charge in [0.1, 0.15) is 0 Å². The molecule has 0 fully saturated rings. The maximum absolute atomic E-state index is 12.0. The van der Waals surface area contributed by atoms with Gasteiger partial charge >= 0.3 is 11.8 Å². The van der Waals surface area contributed by atoms with Gasteiger partial charge in [0, 0.05) is 11.8 Å². The molecule has 0 radical (unpaired) electrons. The molecule has 108 valence electrons. The lowest BCUT2D eigenvalue weighted by Gasteiger charge is -2.04. The van der Waals surface area contributed by atoms with E-state index in [1.165, 1.54) is 48.0 Å². The molecule has 0 aliphatic carbocycles. The van der Waals surface area contributed by atoms with E-state index < -0.39 is 16.8 Å². The van der Waals surface area contributed by atoms with E-state index in [1.807, 2.05) is 0 Å². The third kappa shape index (κ3) is 2.89. The summed E-state index contributed by atoms with van der Waals surface area (Å²) in [7, 11) is 1.42. The average molecular weight is 289 g/mol. The topological polar surface area (TPSA) is 114 Å². The quantitative estimate of drug-likeness (QED) is 0.658. The Morgan fingerprint density at radius 3 is 2.29 bits per heavy atom. The van der Waals surface area contributed by atoms with Gasteiger partial charge in [-0.25, -0.2) is 9.36 Å². The molecule has 0 bridgehead atoms. The second kappa shape index (κ2) is 5.45. The fourth-order valence-corrected chi connectivity index (χ4v) is 1.80. The second-order valence-electron chi connectivity index (χ2n) is 4.23. The van der Waals surface area contributed by atoms with Crippen LogP contribution in [0.4, 0.5) is 11.5 Å². The van der Waals surface area contributed by atoms with E-state index in [1.54, 1.807) is 0 Å². The number of benzene rings is 1. The highest BCUT2D eigenvalue weighted by Gasteiger charge is 2.20. The molecule has 1 aromatic carbocycles. The highest BCUT2D eigenvalue weighted by atomic mass is 16.6. The normalized spacial score (nSPS) is 10.1. The number of hydrogen-bond donors (Lipinski definition) is 2. The van der Waals surface area contributed by atoms with E-state index in [0.29, 0.717) is 5.69 Å². The highest BCUT2D eigenvalue weighted by molar-refractivity contribution is 6.03. The molecule has 8 nitrogen and oxygen atoms in total. The minimum absolute atomic E-state index is 0.0995. The molecule has 0 saturated carbocycles. The zero-order chi connectivity index (χ0) is 15.6. The predicted octanol–water partition coefficient (Wildman–Crippen LogP) is 1.88. The molecule has 2 N–H and O–H groups in total. The Labute approximate surface area is 118 Å². The lowest BCUT2D eigenvalue weighted by molar-refractivity contribution is -0.391. The molecule has 0 atom stereocenters. The van der Waals surface area contributed by atoms with Gasteiger partial charge in [0.2, 0.25) is 0 Å². The summed E-state index contributed by atoms with van der Waals surface area (Å²) in [6.07, 6.45) is 0.